The zero-order valence-corrected chi connectivity index (χ0v) is 19.0. The molecule has 2 N–H and O–H groups in total. The first-order valence-electron chi connectivity index (χ1n) is 10.6. The number of hydrogen-bond donors (Lipinski definition) is 2. The minimum atomic E-state index is 0.514. The van der Waals surface area contributed by atoms with Crippen molar-refractivity contribution in [1.29, 1.82) is 0 Å². The highest BCUT2D eigenvalue weighted by atomic mass is 32.1. The number of nitrogens with one attached hydrogen (secondary N) is 2. The predicted octanol–water partition coefficient (Wildman–Crippen LogP) is 5.69. The fourth-order valence-corrected chi connectivity index (χ4v) is 3.74. The van der Waals surface area contributed by atoms with E-state index in [0.29, 0.717) is 24.9 Å². The second kappa shape index (κ2) is 10.2. The van der Waals surface area contributed by atoms with Gasteiger partial charge in [0, 0.05) is 17.3 Å². The summed E-state index contributed by atoms with van der Waals surface area (Å²) in [5.74, 6) is 1.50. The molecular formula is C25H26N4O2S. The van der Waals surface area contributed by atoms with Gasteiger partial charge in [-0.15, -0.1) is 0 Å². The van der Waals surface area contributed by atoms with Gasteiger partial charge in [-0.3, -0.25) is 4.68 Å². The lowest BCUT2D eigenvalue weighted by Gasteiger charge is -2.12. The second-order valence-corrected chi connectivity index (χ2v) is 7.59. The second-order valence-electron chi connectivity index (χ2n) is 7.18. The molecule has 0 unspecified atom stereocenters. The zero-order valence-electron chi connectivity index (χ0n) is 18.2. The van der Waals surface area contributed by atoms with Crippen LogP contribution in [0, 0.1) is 0 Å². The van der Waals surface area contributed by atoms with Crippen LogP contribution >= 0.6 is 12.2 Å². The average Bonchev–Trinajstić information content (AvgIpc) is 3.22. The lowest BCUT2D eigenvalue weighted by atomic mass is 10.1. The molecule has 0 spiro atoms. The number of hydrogen-bond acceptors (Lipinski definition) is 4. The Hall–Kier alpha value is -3.58. The quantitative estimate of drug-likeness (QED) is 0.339. The Kier molecular flexibility index (Phi) is 6.87. The van der Waals surface area contributed by atoms with Crippen molar-refractivity contribution in [2.45, 2.75) is 20.4 Å². The summed E-state index contributed by atoms with van der Waals surface area (Å²) >= 11 is 5.52. The Labute approximate surface area is 193 Å². The van der Waals surface area contributed by atoms with E-state index < -0.39 is 0 Å². The molecule has 1 aromatic heterocycles. The third-order valence-corrected chi connectivity index (χ3v) is 5.09. The van der Waals surface area contributed by atoms with Gasteiger partial charge in [-0.25, -0.2) is 0 Å². The van der Waals surface area contributed by atoms with Gasteiger partial charge in [-0.2, -0.15) is 5.10 Å². The first kappa shape index (κ1) is 21.6. The van der Waals surface area contributed by atoms with Gasteiger partial charge in [0.15, 0.2) is 16.6 Å². The largest absolute Gasteiger partial charge is 0.490 e. The van der Waals surface area contributed by atoms with Crippen LogP contribution in [0.15, 0.2) is 73.1 Å². The monoisotopic (exact) mass is 446 g/mol. The van der Waals surface area contributed by atoms with Crippen molar-refractivity contribution in [1.82, 2.24) is 9.78 Å². The topological polar surface area (TPSA) is 60.3 Å². The minimum absolute atomic E-state index is 0.514. The van der Waals surface area contributed by atoms with E-state index in [1.54, 1.807) is 6.20 Å². The molecule has 32 heavy (non-hydrogen) atoms. The highest BCUT2D eigenvalue weighted by Crippen LogP contribution is 2.29. The fraction of sp³-hybridized carbons (Fsp3) is 0.200. The fourth-order valence-electron chi connectivity index (χ4n) is 3.51. The zero-order chi connectivity index (χ0) is 22.3. The van der Waals surface area contributed by atoms with E-state index in [1.165, 1.54) is 0 Å². The van der Waals surface area contributed by atoms with Crippen LogP contribution in [0.4, 0.5) is 11.4 Å². The van der Waals surface area contributed by atoms with Crippen molar-refractivity contribution in [3.63, 3.8) is 0 Å². The molecule has 0 aliphatic heterocycles. The van der Waals surface area contributed by atoms with Gasteiger partial charge in [0.2, 0.25) is 0 Å². The van der Waals surface area contributed by atoms with E-state index in [-0.39, 0.29) is 0 Å². The number of thiocarbonyl (C=S) groups is 1. The third-order valence-electron chi connectivity index (χ3n) is 4.88. The maximum atomic E-state index is 5.72. The van der Waals surface area contributed by atoms with E-state index in [0.717, 1.165) is 39.2 Å². The van der Waals surface area contributed by atoms with Crippen LogP contribution in [0.1, 0.15) is 19.4 Å². The summed E-state index contributed by atoms with van der Waals surface area (Å²) in [5, 5.41) is 13.7. The lowest BCUT2D eigenvalue weighted by Crippen LogP contribution is -2.18. The first-order valence-corrected chi connectivity index (χ1v) is 11.0. The number of nitrogens with zero attached hydrogens (tertiary/aromatic N) is 2. The number of anilines is 2. The lowest BCUT2D eigenvalue weighted by molar-refractivity contribution is 0.287. The Morgan fingerprint density at radius 2 is 1.72 bits per heavy atom. The Morgan fingerprint density at radius 3 is 2.56 bits per heavy atom. The highest BCUT2D eigenvalue weighted by Gasteiger charge is 2.08. The van der Waals surface area contributed by atoms with E-state index in [1.807, 2.05) is 67.2 Å². The van der Waals surface area contributed by atoms with E-state index in [9.17, 15) is 0 Å². The molecule has 0 aliphatic rings. The summed E-state index contributed by atoms with van der Waals surface area (Å²) in [6.07, 6.45) is 3.68. The molecule has 164 valence electrons. The van der Waals surface area contributed by atoms with E-state index >= 15 is 0 Å². The van der Waals surface area contributed by atoms with Crippen molar-refractivity contribution >= 4 is 39.5 Å². The van der Waals surface area contributed by atoms with Gasteiger partial charge in [0.05, 0.1) is 31.6 Å². The molecule has 4 aromatic rings. The van der Waals surface area contributed by atoms with Crippen LogP contribution < -0.4 is 20.1 Å². The average molecular weight is 447 g/mol. The molecule has 0 aliphatic carbocycles. The normalized spacial score (nSPS) is 10.7. The van der Waals surface area contributed by atoms with Crippen molar-refractivity contribution in [3.05, 3.63) is 78.6 Å². The number of ether oxygens (including phenoxy) is 2. The van der Waals surface area contributed by atoms with E-state index in [2.05, 4.69) is 33.9 Å². The van der Waals surface area contributed by atoms with Gasteiger partial charge in [-0.1, -0.05) is 42.5 Å². The maximum absolute atomic E-state index is 5.72. The molecule has 0 radical (unpaired) electrons. The summed E-state index contributed by atoms with van der Waals surface area (Å²) < 4.78 is 13.2. The van der Waals surface area contributed by atoms with Crippen LogP contribution in [-0.4, -0.2) is 28.1 Å². The molecule has 7 heteroatoms. The molecule has 0 saturated heterocycles. The summed E-state index contributed by atoms with van der Waals surface area (Å²) in [4.78, 5) is 0. The molecule has 3 aromatic carbocycles. The smallest absolute Gasteiger partial charge is 0.175 e. The van der Waals surface area contributed by atoms with Gasteiger partial charge >= 0.3 is 0 Å². The predicted molar refractivity (Wildman–Crippen MR) is 134 cm³/mol. The van der Waals surface area contributed by atoms with Gasteiger partial charge in [-0.05, 0) is 55.2 Å². The molecular weight excluding hydrogens is 420 g/mol. The number of benzene rings is 3. The van der Waals surface area contributed by atoms with Gasteiger partial charge < -0.3 is 20.1 Å². The number of rotatable bonds is 8. The third kappa shape index (κ3) is 5.18. The molecule has 1 heterocycles. The molecule has 6 nitrogen and oxygen atoms in total. The van der Waals surface area contributed by atoms with Gasteiger partial charge in [0.1, 0.15) is 0 Å². The van der Waals surface area contributed by atoms with Gasteiger partial charge in [0.25, 0.3) is 0 Å². The summed E-state index contributed by atoms with van der Waals surface area (Å²) in [6.45, 7) is 5.71. The van der Waals surface area contributed by atoms with Crippen LogP contribution in [0.2, 0.25) is 0 Å². The molecule has 0 amide bonds. The van der Waals surface area contributed by atoms with Crippen LogP contribution in [0.25, 0.3) is 10.8 Å². The number of fused-ring (bicyclic) bond motifs is 1. The Morgan fingerprint density at radius 1 is 0.938 bits per heavy atom. The Balaban J connectivity index is 1.41. The molecule has 4 rings (SSSR count). The van der Waals surface area contributed by atoms with Crippen LogP contribution in [0.3, 0.4) is 0 Å². The first-order chi connectivity index (χ1) is 15.7. The van der Waals surface area contributed by atoms with Crippen LogP contribution in [-0.2, 0) is 6.54 Å². The van der Waals surface area contributed by atoms with Crippen LogP contribution in [0.5, 0.6) is 11.5 Å². The summed E-state index contributed by atoms with van der Waals surface area (Å²) in [6, 6.07) is 20.3. The molecule has 0 fully saturated rings. The molecule has 0 saturated carbocycles. The highest BCUT2D eigenvalue weighted by molar-refractivity contribution is 7.80. The standard InChI is InChI=1S/C25H26N4O2S/c1-3-30-23-13-12-18(14-24(23)31-4-2)16-29-17-20(15-26-29)27-25(32)28-22-11-7-9-19-8-5-6-10-21(19)22/h5-15,17H,3-4,16H2,1-2H3,(H2,27,28,32). The van der Waals surface area contributed by atoms with Crippen molar-refractivity contribution in [2.75, 3.05) is 23.8 Å². The Bertz CT molecular complexity index is 1220. The molecule has 0 bridgehead atoms. The minimum Gasteiger partial charge on any atom is -0.490 e. The van der Waals surface area contributed by atoms with Crippen molar-refractivity contribution < 1.29 is 9.47 Å². The summed E-state index contributed by atoms with van der Waals surface area (Å²) in [5.41, 5.74) is 2.85. The maximum Gasteiger partial charge on any atom is 0.175 e. The number of aromatic nitrogens is 2. The SMILES string of the molecule is CCOc1ccc(Cn2cc(NC(=S)Nc3cccc4ccccc34)cn2)cc1OCC. The van der Waals surface area contributed by atoms with Crippen molar-refractivity contribution in [3.8, 4) is 11.5 Å². The molecule has 0 atom stereocenters. The van der Waals surface area contributed by atoms with Crippen molar-refractivity contribution in [2.24, 2.45) is 0 Å². The summed E-state index contributed by atoms with van der Waals surface area (Å²) in [7, 11) is 0. The van der Waals surface area contributed by atoms with E-state index in [4.69, 9.17) is 21.7 Å².